The first kappa shape index (κ1) is 16.2. The Morgan fingerprint density at radius 2 is 1.57 bits per heavy atom. The maximum Gasteiger partial charge on any atom is 0.321 e. The summed E-state index contributed by atoms with van der Waals surface area (Å²) in [6.07, 6.45) is 6.33. The Balaban J connectivity index is 1.33. The van der Waals surface area contributed by atoms with Gasteiger partial charge in [-0.1, -0.05) is 12.8 Å². The molecule has 2 saturated carbocycles. The molecule has 23 heavy (non-hydrogen) atoms. The van der Waals surface area contributed by atoms with E-state index in [1.54, 1.807) is 0 Å². The molecule has 3 rings (SSSR count). The molecule has 2 aliphatic carbocycles. The first-order valence-electron chi connectivity index (χ1n) is 8.73. The third-order valence-electron chi connectivity index (χ3n) is 4.92. The topological polar surface area (TPSA) is 81.8 Å². The van der Waals surface area contributed by atoms with E-state index < -0.39 is 0 Å². The van der Waals surface area contributed by atoms with Crippen LogP contribution >= 0.6 is 0 Å². The van der Waals surface area contributed by atoms with Gasteiger partial charge in [-0.05, 0) is 25.7 Å². The van der Waals surface area contributed by atoms with Crippen molar-refractivity contribution in [2.75, 3.05) is 32.7 Å². The number of piperazine rings is 1. The zero-order valence-electron chi connectivity index (χ0n) is 13.6. The Kier molecular flexibility index (Phi) is 5.15. The van der Waals surface area contributed by atoms with Gasteiger partial charge in [0.15, 0.2) is 0 Å². The molecule has 7 nitrogen and oxygen atoms in total. The van der Waals surface area contributed by atoms with Crippen LogP contribution in [0.3, 0.4) is 0 Å². The quantitative estimate of drug-likeness (QED) is 0.780. The van der Waals surface area contributed by atoms with Crippen molar-refractivity contribution >= 4 is 17.8 Å². The number of amides is 4. The molecule has 0 aromatic carbocycles. The van der Waals surface area contributed by atoms with Gasteiger partial charge in [-0.2, -0.15) is 0 Å². The number of rotatable bonds is 4. The van der Waals surface area contributed by atoms with Crippen LogP contribution < -0.4 is 10.6 Å². The van der Waals surface area contributed by atoms with Crippen molar-refractivity contribution in [2.24, 2.45) is 5.92 Å². The third-order valence-corrected chi connectivity index (χ3v) is 4.92. The monoisotopic (exact) mass is 322 g/mol. The summed E-state index contributed by atoms with van der Waals surface area (Å²) in [5.74, 6) is 0.247. The predicted molar refractivity (Wildman–Crippen MR) is 84.7 cm³/mol. The molecule has 1 aliphatic heterocycles. The Morgan fingerprint density at radius 1 is 0.913 bits per heavy atom. The standard InChI is InChI=1S/C16H26N4O3/c21-14(18-16(23)17-13-3-1-2-4-13)11-19-7-9-20(10-8-19)15(22)12-5-6-12/h12-13H,1-11H2,(H2,17,18,21,23). The lowest BCUT2D eigenvalue weighted by molar-refractivity contribution is -0.134. The molecule has 128 valence electrons. The smallest absolute Gasteiger partial charge is 0.321 e. The summed E-state index contributed by atoms with van der Waals surface area (Å²) < 4.78 is 0. The molecule has 3 fully saturated rings. The third kappa shape index (κ3) is 4.67. The molecule has 0 bridgehead atoms. The summed E-state index contributed by atoms with van der Waals surface area (Å²) in [6.45, 7) is 2.95. The number of hydrogen-bond donors (Lipinski definition) is 2. The van der Waals surface area contributed by atoms with Crippen molar-refractivity contribution in [1.29, 1.82) is 0 Å². The maximum absolute atomic E-state index is 12.0. The minimum Gasteiger partial charge on any atom is -0.340 e. The van der Waals surface area contributed by atoms with E-state index in [4.69, 9.17) is 0 Å². The van der Waals surface area contributed by atoms with Crippen molar-refractivity contribution in [1.82, 2.24) is 20.4 Å². The van der Waals surface area contributed by atoms with Gasteiger partial charge in [0.2, 0.25) is 11.8 Å². The molecule has 0 aromatic heterocycles. The highest BCUT2D eigenvalue weighted by molar-refractivity contribution is 5.95. The zero-order valence-corrected chi connectivity index (χ0v) is 13.6. The fraction of sp³-hybridized carbons (Fsp3) is 0.812. The Hall–Kier alpha value is -1.63. The minimum atomic E-state index is -0.385. The SMILES string of the molecule is O=C(CN1CCN(C(=O)C2CC2)CC1)NC(=O)NC1CCCC1. The highest BCUT2D eigenvalue weighted by Crippen LogP contribution is 2.31. The summed E-state index contributed by atoms with van der Waals surface area (Å²) in [7, 11) is 0. The molecule has 1 saturated heterocycles. The summed E-state index contributed by atoms with van der Waals surface area (Å²) in [5.41, 5.74) is 0. The molecule has 0 aromatic rings. The number of imide groups is 1. The van der Waals surface area contributed by atoms with E-state index in [1.807, 2.05) is 9.80 Å². The zero-order chi connectivity index (χ0) is 16.2. The molecule has 7 heteroatoms. The van der Waals surface area contributed by atoms with Gasteiger partial charge < -0.3 is 10.2 Å². The van der Waals surface area contributed by atoms with Crippen LogP contribution in [0.1, 0.15) is 38.5 Å². The summed E-state index contributed by atoms with van der Waals surface area (Å²) in [4.78, 5) is 39.6. The summed E-state index contributed by atoms with van der Waals surface area (Å²) in [6, 6.07) is -0.177. The van der Waals surface area contributed by atoms with Crippen molar-refractivity contribution in [3.05, 3.63) is 0 Å². The molecule has 0 unspecified atom stereocenters. The second kappa shape index (κ2) is 7.29. The van der Waals surface area contributed by atoms with Crippen LogP contribution in [0.5, 0.6) is 0 Å². The van der Waals surface area contributed by atoms with Gasteiger partial charge in [-0.25, -0.2) is 4.79 Å². The lowest BCUT2D eigenvalue weighted by Crippen LogP contribution is -2.53. The van der Waals surface area contributed by atoms with E-state index in [1.165, 1.54) is 0 Å². The maximum atomic E-state index is 12.0. The molecule has 0 spiro atoms. The van der Waals surface area contributed by atoms with Crippen LogP contribution in [0.4, 0.5) is 4.79 Å². The van der Waals surface area contributed by atoms with E-state index in [0.717, 1.165) is 38.5 Å². The van der Waals surface area contributed by atoms with Crippen molar-refractivity contribution in [2.45, 2.75) is 44.6 Å². The number of urea groups is 1. The fourth-order valence-corrected chi connectivity index (χ4v) is 3.38. The van der Waals surface area contributed by atoms with Gasteiger partial charge in [-0.15, -0.1) is 0 Å². The Bertz CT molecular complexity index is 464. The van der Waals surface area contributed by atoms with Gasteiger partial charge in [0.1, 0.15) is 0 Å². The van der Waals surface area contributed by atoms with Crippen molar-refractivity contribution < 1.29 is 14.4 Å². The largest absolute Gasteiger partial charge is 0.340 e. The molecule has 0 radical (unpaired) electrons. The average molecular weight is 322 g/mol. The van der Waals surface area contributed by atoms with Crippen LogP contribution in [0.2, 0.25) is 0 Å². The van der Waals surface area contributed by atoms with Crippen LogP contribution in [-0.2, 0) is 9.59 Å². The van der Waals surface area contributed by atoms with Crippen LogP contribution in [-0.4, -0.2) is 66.4 Å². The minimum absolute atomic E-state index is 0.208. The molecule has 3 aliphatic rings. The second-order valence-corrected chi connectivity index (χ2v) is 6.88. The number of hydrogen-bond acceptors (Lipinski definition) is 4. The lowest BCUT2D eigenvalue weighted by atomic mass is 10.2. The predicted octanol–water partition coefficient (Wildman–Crippen LogP) is 0.309. The molecular formula is C16H26N4O3. The fourth-order valence-electron chi connectivity index (χ4n) is 3.38. The van der Waals surface area contributed by atoms with E-state index in [9.17, 15) is 14.4 Å². The summed E-state index contributed by atoms with van der Waals surface area (Å²) in [5, 5.41) is 5.25. The van der Waals surface area contributed by atoms with E-state index >= 15 is 0 Å². The molecule has 0 atom stereocenters. The summed E-state index contributed by atoms with van der Waals surface area (Å²) >= 11 is 0. The van der Waals surface area contributed by atoms with E-state index in [-0.39, 0.29) is 36.3 Å². The van der Waals surface area contributed by atoms with Gasteiger partial charge in [0, 0.05) is 38.1 Å². The van der Waals surface area contributed by atoms with Gasteiger partial charge in [0.25, 0.3) is 0 Å². The number of nitrogens with zero attached hydrogens (tertiary/aromatic N) is 2. The highest BCUT2D eigenvalue weighted by Gasteiger charge is 2.34. The van der Waals surface area contributed by atoms with Crippen molar-refractivity contribution in [3.8, 4) is 0 Å². The number of carbonyl (C=O) groups excluding carboxylic acids is 3. The molecular weight excluding hydrogens is 296 g/mol. The van der Waals surface area contributed by atoms with Crippen LogP contribution in [0.25, 0.3) is 0 Å². The number of nitrogens with one attached hydrogen (secondary N) is 2. The lowest BCUT2D eigenvalue weighted by Gasteiger charge is -2.34. The van der Waals surface area contributed by atoms with E-state index in [0.29, 0.717) is 26.2 Å². The van der Waals surface area contributed by atoms with Crippen LogP contribution in [0.15, 0.2) is 0 Å². The molecule has 2 N–H and O–H groups in total. The first-order valence-corrected chi connectivity index (χ1v) is 8.73. The first-order chi connectivity index (χ1) is 11.1. The van der Waals surface area contributed by atoms with E-state index in [2.05, 4.69) is 10.6 Å². The Labute approximate surface area is 136 Å². The Morgan fingerprint density at radius 3 is 2.17 bits per heavy atom. The van der Waals surface area contributed by atoms with Crippen molar-refractivity contribution in [3.63, 3.8) is 0 Å². The molecule has 4 amide bonds. The molecule has 1 heterocycles. The van der Waals surface area contributed by atoms with Gasteiger partial charge in [0.05, 0.1) is 6.54 Å². The normalized spacial score (nSPS) is 22.9. The highest BCUT2D eigenvalue weighted by atomic mass is 16.2. The van der Waals surface area contributed by atoms with Gasteiger partial charge in [-0.3, -0.25) is 19.8 Å². The van der Waals surface area contributed by atoms with Gasteiger partial charge >= 0.3 is 6.03 Å². The van der Waals surface area contributed by atoms with Crippen LogP contribution in [0, 0.1) is 5.92 Å². The second-order valence-electron chi connectivity index (χ2n) is 6.88. The number of carbonyl (C=O) groups is 3. The average Bonchev–Trinajstić information content (AvgIpc) is 3.25.